The van der Waals surface area contributed by atoms with Crippen LogP contribution in [0, 0.1) is 11.3 Å². The first kappa shape index (κ1) is 18.2. The Labute approximate surface area is 161 Å². The van der Waals surface area contributed by atoms with Gasteiger partial charge in [-0.05, 0) is 42.5 Å². The van der Waals surface area contributed by atoms with Gasteiger partial charge in [-0.1, -0.05) is 23.7 Å². The smallest absolute Gasteiger partial charge is 0.274 e. The number of nitrogens with one attached hydrogen (secondary N) is 2. The second-order valence-electron chi connectivity index (χ2n) is 5.51. The lowest BCUT2D eigenvalue weighted by atomic mass is 10.2. The molecule has 0 fully saturated rings. The number of nitrogens with zero attached hydrogens (tertiary/aromatic N) is 2. The third-order valence-corrected chi connectivity index (χ3v) is 3.97. The SMILES string of the molecule is COc1ccc(Cl)cc1NC(=O)c1ccc(Nc2ccccc2C#N)cn1. The van der Waals surface area contributed by atoms with Crippen molar-refractivity contribution in [3.8, 4) is 11.8 Å². The molecule has 3 aromatic rings. The molecule has 0 atom stereocenters. The van der Waals surface area contributed by atoms with Gasteiger partial charge in [0, 0.05) is 5.02 Å². The van der Waals surface area contributed by atoms with Crippen LogP contribution in [-0.4, -0.2) is 18.0 Å². The maximum absolute atomic E-state index is 12.4. The Morgan fingerprint density at radius 3 is 2.67 bits per heavy atom. The Hall–Kier alpha value is -3.56. The Kier molecular flexibility index (Phi) is 5.55. The lowest BCUT2D eigenvalue weighted by Crippen LogP contribution is -2.14. The number of carbonyl (C=O) groups excluding carboxylic acids is 1. The number of hydrogen-bond acceptors (Lipinski definition) is 5. The second-order valence-corrected chi connectivity index (χ2v) is 5.95. The number of benzene rings is 2. The molecule has 6 nitrogen and oxygen atoms in total. The first-order valence-electron chi connectivity index (χ1n) is 7.98. The highest BCUT2D eigenvalue weighted by molar-refractivity contribution is 6.31. The summed E-state index contributed by atoms with van der Waals surface area (Å²) in [6, 6.07) is 17.5. The van der Waals surface area contributed by atoms with Crippen molar-refractivity contribution < 1.29 is 9.53 Å². The highest BCUT2D eigenvalue weighted by Crippen LogP contribution is 2.28. The molecular formula is C20H15ClN4O2. The maximum Gasteiger partial charge on any atom is 0.274 e. The third-order valence-electron chi connectivity index (χ3n) is 3.73. The zero-order valence-corrected chi connectivity index (χ0v) is 15.1. The van der Waals surface area contributed by atoms with E-state index < -0.39 is 0 Å². The van der Waals surface area contributed by atoms with Gasteiger partial charge in [-0.15, -0.1) is 0 Å². The van der Waals surface area contributed by atoms with Gasteiger partial charge in [0.15, 0.2) is 0 Å². The number of carbonyl (C=O) groups is 1. The number of rotatable bonds is 5. The molecule has 0 aliphatic rings. The predicted octanol–water partition coefficient (Wildman–Crippen LogP) is 4.61. The van der Waals surface area contributed by atoms with Crippen LogP contribution in [0.1, 0.15) is 16.1 Å². The second kappa shape index (κ2) is 8.21. The highest BCUT2D eigenvalue weighted by Gasteiger charge is 2.12. The van der Waals surface area contributed by atoms with E-state index in [4.69, 9.17) is 21.6 Å². The summed E-state index contributed by atoms with van der Waals surface area (Å²) in [6.45, 7) is 0. The summed E-state index contributed by atoms with van der Waals surface area (Å²) < 4.78 is 5.21. The van der Waals surface area contributed by atoms with Crippen LogP contribution in [0.25, 0.3) is 0 Å². The summed E-state index contributed by atoms with van der Waals surface area (Å²) >= 11 is 5.97. The number of methoxy groups -OCH3 is 1. The number of hydrogen-bond donors (Lipinski definition) is 2. The molecule has 2 N–H and O–H groups in total. The fraction of sp³-hybridized carbons (Fsp3) is 0.0500. The number of para-hydroxylation sites is 1. The lowest BCUT2D eigenvalue weighted by molar-refractivity contribution is 0.102. The Balaban J connectivity index is 1.75. The van der Waals surface area contributed by atoms with Crippen molar-refractivity contribution in [1.29, 1.82) is 5.26 Å². The van der Waals surface area contributed by atoms with Crippen LogP contribution in [0.15, 0.2) is 60.8 Å². The molecule has 1 aromatic heterocycles. The molecule has 1 heterocycles. The van der Waals surface area contributed by atoms with Crippen LogP contribution < -0.4 is 15.4 Å². The van der Waals surface area contributed by atoms with Gasteiger partial charge in [0.25, 0.3) is 5.91 Å². The first-order valence-corrected chi connectivity index (χ1v) is 8.35. The molecule has 27 heavy (non-hydrogen) atoms. The van der Waals surface area contributed by atoms with Crippen molar-refractivity contribution >= 4 is 34.6 Å². The topological polar surface area (TPSA) is 87.0 Å². The zero-order valence-electron chi connectivity index (χ0n) is 14.4. The summed E-state index contributed by atoms with van der Waals surface area (Å²) in [5.41, 5.74) is 2.54. The highest BCUT2D eigenvalue weighted by atomic mass is 35.5. The number of nitriles is 1. The molecule has 7 heteroatoms. The minimum atomic E-state index is -0.389. The van der Waals surface area contributed by atoms with Crippen molar-refractivity contribution in [1.82, 2.24) is 4.98 Å². The summed E-state index contributed by atoms with van der Waals surface area (Å²) in [5, 5.41) is 15.5. The van der Waals surface area contributed by atoms with Crippen LogP contribution in [0.3, 0.4) is 0 Å². The van der Waals surface area contributed by atoms with E-state index in [0.29, 0.717) is 33.4 Å². The molecule has 2 aromatic carbocycles. The Morgan fingerprint density at radius 1 is 1.15 bits per heavy atom. The largest absolute Gasteiger partial charge is 0.495 e. The van der Waals surface area contributed by atoms with Gasteiger partial charge in [0.1, 0.15) is 17.5 Å². The average molecular weight is 379 g/mol. The number of anilines is 3. The molecule has 0 bridgehead atoms. The van der Waals surface area contributed by atoms with E-state index in [0.717, 1.165) is 0 Å². The van der Waals surface area contributed by atoms with Crippen LogP contribution >= 0.6 is 11.6 Å². The normalized spacial score (nSPS) is 9.96. The van der Waals surface area contributed by atoms with Crippen LogP contribution in [0.5, 0.6) is 5.75 Å². The van der Waals surface area contributed by atoms with Gasteiger partial charge in [-0.2, -0.15) is 5.26 Å². The van der Waals surface area contributed by atoms with Gasteiger partial charge in [-0.25, -0.2) is 4.98 Å². The van der Waals surface area contributed by atoms with E-state index in [-0.39, 0.29) is 11.6 Å². The van der Waals surface area contributed by atoms with Crippen LogP contribution in [0.2, 0.25) is 5.02 Å². The van der Waals surface area contributed by atoms with Gasteiger partial charge < -0.3 is 15.4 Å². The van der Waals surface area contributed by atoms with E-state index >= 15 is 0 Å². The number of amides is 1. The number of pyridine rings is 1. The fourth-order valence-corrected chi connectivity index (χ4v) is 2.58. The number of ether oxygens (including phenoxy) is 1. The summed E-state index contributed by atoms with van der Waals surface area (Å²) in [7, 11) is 1.51. The van der Waals surface area contributed by atoms with Crippen molar-refractivity contribution in [3.63, 3.8) is 0 Å². The minimum absolute atomic E-state index is 0.233. The first-order chi connectivity index (χ1) is 13.1. The summed E-state index contributed by atoms with van der Waals surface area (Å²) in [6.07, 6.45) is 1.53. The molecule has 0 unspecified atom stereocenters. The molecule has 0 saturated heterocycles. The standard InChI is InChI=1S/C20H15ClN4O2/c1-27-19-9-6-14(21)10-18(19)25-20(26)17-8-7-15(12-23-17)24-16-5-3-2-4-13(16)11-22/h2-10,12,24H,1H3,(H,25,26). The summed E-state index contributed by atoms with van der Waals surface area (Å²) in [5.74, 6) is 0.110. The molecule has 0 radical (unpaired) electrons. The molecule has 134 valence electrons. The van der Waals surface area contributed by atoms with E-state index in [2.05, 4.69) is 21.7 Å². The van der Waals surface area contributed by atoms with Gasteiger partial charge in [0.05, 0.1) is 35.9 Å². The molecule has 1 amide bonds. The molecule has 0 spiro atoms. The minimum Gasteiger partial charge on any atom is -0.495 e. The molecule has 3 rings (SSSR count). The molecular weight excluding hydrogens is 364 g/mol. The molecule has 0 aliphatic heterocycles. The number of halogens is 1. The predicted molar refractivity (Wildman–Crippen MR) is 105 cm³/mol. The average Bonchev–Trinajstić information content (AvgIpc) is 2.69. The quantitative estimate of drug-likeness (QED) is 0.676. The van der Waals surface area contributed by atoms with Gasteiger partial charge in [-0.3, -0.25) is 4.79 Å². The lowest BCUT2D eigenvalue weighted by Gasteiger charge is -2.11. The Morgan fingerprint density at radius 2 is 1.96 bits per heavy atom. The van der Waals surface area contributed by atoms with Crippen molar-refractivity contribution in [2.45, 2.75) is 0 Å². The van der Waals surface area contributed by atoms with Crippen molar-refractivity contribution in [2.75, 3.05) is 17.7 Å². The fourth-order valence-electron chi connectivity index (χ4n) is 2.41. The maximum atomic E-state index is 12.4. The third kappa shape index (κ3) is 4.35. The molecule has 0 saturated carbocycles. The van der Waals surface area contributed by atoms with E-state index in [1.807, 2.05) is 6.07 Å². The zero-order chi connectivity index (χ0) is 19.2. The van der Waals surface area contributed by atoms with Crippen LogP contribution in [-0.2, 0) is 0 Å². The van der Waals surface area contributed by atoms with Crippen LogP contribution in [0.4, 0.5) is 17.1 Å². The van der Waals surface area contributed by atoms with Crippen molar-refractivity contribution in [3.05, 3.63) is 77.1 Å². The van der Waals surface area contributed by atoms with E-state index in [9.17, 15) is 4.79 Å². The monoisotopic (exact) mass is 378 g/mol. The van der Waals surface area contributed by atoms with E-state index in [1.54, 1.807) is 48.5 Å². The van der Waals surface area contributed by atoms with E-state index in [1.165, 1.54) is 13.3 Å². The van der Waals surface area contributed by atoms with Gasteiger partial charge in [0.2, 0.25) is 0 Å². The number of aromatic nitrogens is 1. The van der Waals surface area contributed by atoms with Gasteiger partial charge >= 0.3 is 0 Å². The van der Waals surface area contributed by atoms with Crippen molar-refractivity contribution in [2.24, 2.45) is 0 Å². The summed E-state index contributed by atoms with van der Waals surface area (Å²) in [4.78, 5) is 16.6. The Bertz CT molecular complexity index is 1010. The molecule has 0 aliphatic carbocycles.